The number of aromatic hydroxyl groups is 2. The van der Waals surface area contributed by atoms with Crippen molar-refractivity contribution in [2.24, 2.45) is 0 Å². The van der Waals surface area contributed by atoms with Crippen LogP contribution in [0.1, 0.15) is 15.9 Å². The minimum absolute atomic E-state index is 0.0838. The molecule has 0 fully saturated rings. The molecular formula is C14H12INO3. The van der Waals surface area contributed by atoms with Gasteiger partial charge in [-0.25, -0.2) is 0 Å². The van der Waals surface area contributed by atoms with Crippen LogP contribution < -0.4 is 5.32 Å². The van der Waals surface area contributed by atoms with E-state index in [2.05, 4.69) is 27.9 Å². The summed E-state index contributed by atoms with van der Waals surface area (Å²) in [5, 5.41) is 21.6. The number of rotatable bonds is 2. The van der Waals surface area contributed by atoms with Crippen LogP contribution in [0.25, 0.3) is 0 Å². The number of amides is 1. The maximum atomic E-state index is 12.1. The number of nitrogens with one attached hydrogen (secondary N) is 1. The molecule has 0 saturated carbocycles. The first-order valence-electron chi connectivity index (χ1n) is 5.57. The number of benzene rings is 2. The van der Waals surface area contributed by atoms with E-state index >= 15 is 0 Å². The van der Waals surface area contributed by atoms with Gasteiger partial charge in [-0.3, -0.25) is 4.79 Å². The zero-order valence-electron chi connectivity index (χ0n) is 10.1. The molecule has 1 amide bonds. The summed E-state index contributed by atoms with van der Waals surface area (Å²) in [5.41, 5.74) is 1.76. The second kappa shape index (κ2) is 5.48. The molecule has 0 atom stereocenters. The van der Waals surface area contributed by atoms with Crippen LogP contribution in [0.5, 0.6) is 11.5 Å². The fraction of sp³-hybridized carbons (Fsp3) is 0.0714. The highest BCUT2D eigenvalue weighted by Gasteiger charge is 2.12. The Morgan fingerprint density at radius 2 is 1.89 bits per heavy atom. The van der Waals surface area contributed by atoms with Crippen LogP contribution in [-0.2, 0) is 0 Å². The van der Waals surface area contributed by atoms with Gasteiger partial charge in [0.05, 0.1) is 5.56 Å². The van der Waals surface area contributed by atoms with Crippen molar-refractivity contribution in [1.29, 1.82) is 0 Å². The quantitative estimate of drug-likeness (QED) is 0.712. The van der Waals surface area contributed by atoms with Crippen molar-refractivity contribution < 1.29 is 15.0 Å². The van der Waals surface area contributed by atoms with Crippen LogP contribution in [0.4, 0.5) is 5.69 Å². The highest BCUT2D eigenvalue weighted by molar-refractivity contribution is 14.1. The molecule has 4 nitrogen and oxygen atoms in total. The van der Waals surface area contributed by atoms with Crippen LogP contribution in [0.2, 0.25) is 0 Å². The number of aryl methyl sites for hydroxylation is 1. The zero-order chi connectivity index (χ0) is 14.0. The predicted octanol–water partition coefficient (Wildman–Crippen LogP) is 3.26. The largest absolute Gasteiger partial charge is 0.508 e. The zero-order valence-corrected chi connectivity index (χ0v) is 12.3. The van der Waals surface area contributed by atoms with Crippen LogP contribution in [0.3, 0.4) is 0 Å². The highest BCUT2D eigenvalue weighted by Crippen LogP contribution is 2.24. The van der Waals surface area contributed by atoms with Gasteiger partial charge in [-0.2, -0.15) is 0 Å². The number of carbonyl (C=O) groups excluding carboxylic acids is 1. The Kier molecular flexibility index (Phi) is 3.94. The maximum absolute atomic E-state index is 12.1. The molecule has 0 aromatic heterocycles. The fourth-order valence-electron chi connectivity index (χ4n) is 1.63. The van der Waals surface area contributed by atoms with Crippen LogP contribution in [0.15, 0.2) is 36.4 Å². The monoisotopic (exact) mass is 369 g/mol. The lowest BCUT2D eigenvalue weighted by Gasteiger charge is -2.10. The average molecular weight is 369 g/mol. The first-order valence-corrected chi connectivity index (χ1v) is 6.65. The molecule has 0 radical (unpaired) electrons. The predicted molar refractivity (Wildman–Crippen MR) is 81.6 cm³/mol. The van der Waals surface area contributed by atoms with Crippen molar-refractivity contribution in [3.05, 3.63) is 51.1 Å². The minimum Gasteiger partial charge on any atom is -0.508 e. The summed E-state index contributed by atoms with van der Waals surface area (Å²) in [6.07, 6.45) is 0. The molecular weight excluding hydrogens is 357 g/mol. The number of carbonyl (C=O) groups is 1. The third-order valence-corrected chi connectivity index (χ3v) is 3.34. The van der Waals surface area contributed by atoms with Gasteiger partial charge in [-0.05, 0) is 59.3 Å². The summed E-state index contributed by atoms with van der Waals surface area (Å²) in [7, 11) is 0. The molecule has 19 heavy (non-hydrogen) atoms. The van der Waals surface area contributed by atoms with Gasteiger partial charge in [0.1, 0.15) is 11.5 Å². The molecule has 5 heteroatoms. The van der Waals surface area contributed by atoms with Gasteiger partial charge in [-0.1, -0.05) is 6.07 Å². The first kappa shape index (κ1) is 13.7. The molecule has 0 unspecified atom stereocenters. The van der Waals surface area contributed by atoms with E-state index < -0.39 is 5.91 Å². The Labute approximate surface area is 124 Å². The topological polar surface area (TPSA) is 69.6 Å². The van der Waals surface area contributed by atoms with E-state index in [0.29, 0.717) is 5.69 Å². The minimum atomic E-state index is -0.414. The van der Waals surface area contributed by atoms with E-state index in [1.54, 1.807) is 0 Å². The molecule has 3 N–H and O–H groups in total. The van der Waals surface area contributed by atoms with E-state index in [0.717, 1.165) is 15.2 Å². The van der Waals surface area contributed by atoms with Crippen LogP contribution >= 0.6 is 22.6 Å². The fourth-order valence-corrected chi connectivity index (χ4v) is 2.12. The van der Waals surface area contributed by atoms with E-state index in [4.69, 9.17) is 0 Å². The molecule has 2 rings (SSSR count). The Morgan fingerprint density at radius 1 is 1.16 bits per heavy atom. The van der Waals surface area contributed by atoms with E-state index in [1.807, 2.05) is 25.1 Å². The van der Waals surface area contributed by atoms with E-state index in [-0.39, 0.29) is 17.1 Å². The molecule has 0 saturated heterocycles. The number of hydrogen-bond acceptors (Lipinski definition) is 3. The van der Waals surface area contributed by atoms with Crippen LogP contribution in [-0.4, -0.2) is 16.1 Å². The van der Waals surface area contributed by atoms with Gasteiger partial charge in [-0.15, -0.1) is 0 Å². The van der Waals surface area contributed by atoms with Crippen molar-refractivity contribution in [2.45, 2.75) is 6.92 Å². The lowest BCUT2D eigenvalue weighted by Crippen LogP contribution is -2.13. The SMILES string of the molecule is Cc1ccc(I)cc1NC(=O)c1ccc(O)cc1O. The summed E-state index contributed by atoms with van der Waals surface area (Å²) in [4.78, 5) is 12.1. The highest BCUT2D eigenvalue weighted by atomic mass is 127. The number of hydrogen-bond donors (Lipinski definition) is 3. The van der Waals surface area contributed by atoms with Crippen molar-refractivity contribution >= 4 is 34.2 Å². The third-order valence-electron chi connectivity index (χ3n) is 2.67. The molecule has 2 aromatic rings. The Hall–Kier alpha value is -1.76. The van der Waals surface area contributed by atoms with Crippen molar-refractivity contribution in [3.8, 4) is 11.5 Å². The van der Waals surface area contributed by atoms with Gasteiger partial charge in [0, 0.05) is 15.3 Å². The van der Waals surface area contributed by atoms with E-state index in [1.165, 1.54) is 12.1 Å². The van der Waals surface area contributed by atoms with Gasteiger partial charge >= 0.3 is 0 Å². The Bertz CT molecular complexity index is 641. The summed E-state index contributed by atoms with van der Waals surface area (Å²) >= 11 is 2.16. The molecule has 0 bridgehead atoms. The van der Waals surface area contributed by atoms with Crippen molar-refractivity contribution in [3.63, 3.8) is 0 Å². The molecule has 0 heterocycles. The number of anilines is 1. The summed E-state index contributed by atoms with van der Waals surface area (Å²) in [5.74, 6) is -0.747. The molecule has 2 aromatic carbocycles. The molecule has 0 spiro atoms. The molecule has 0 aliphatic heterocycles. The van der Waals surface area contributed by atoms with Gasteiger partial charge in [0.15, 0.2) is 0 Å². The smallest absolute Gasteiger partial charge is 0.259 e. The second-order valence-corrected chi connectivity index (χ2v) is 5.36. The number of phenolic OH excluding ortho intramolecular Hbond substituents is 2. The molecule has 0 aliphatic rings. The second-order valence-electron chi connectivity index (χ2n) is 4.11. The summed E-state index contributed by atoms with van der Waals surface area (Å²) < 4.78 is 1.01. The molecule has 98 valence electrons. The lowest BCUT2D eigenvalue weighted by molar-refractivity contribution is 0.102. The van der Waals surface area contributed by atoms with Crippen molar-refractivity contribution in [2.75, 3.05) is 5.32 Å². The lowest BCUT2D eigenvalue weighted by atomic mass is 10.1. The van der Waals surface area contributed by atoms with Crippen molar-refractivity contribution in [1.82, 2.24) is 0 Å². The maximum Gasteiger partial charge on any atom is 0.259 e. The van der Waals surface area contributed by atoms with Gasteiger partial charge in [0.2, 0.25) is 0 Å². The summed E-state index contributed by atoms with van der Waals surface area (Å²) in [6, 6.07) is 9.58. The Morgan fingerprint density at radius 3 is 2.58 bits per heavy atom. The third kappa shape index (κ3) is 3.17. The molecule has 0 aliphatic carbocycles. The summed E-state index contributed by atoms with van der Waals surface area (Å²) in [6.45, 7) is 1.89. The Balaban J connectivity index is 2.28. The number of phenols is 2. The van der Waals surface area contributed by atoms with Crippen LogP contribution in [0, 0.1) is 10.5 Å². The number of halogens is 1. The average Bonchev–Trinajstić information content (AvgIpc) is 2.33. The van der Waals surface area contributed by atoms with Gasteiger partial charge in [0.25, 0.3) is 5.91 Å². The normalized spacial score (nSPS) is 10.2. The van der Waals surface area contributed by atoms with E-state index in [9.17, 15) is 15.0 Å². The first-order chi connectivity index (χ1) is 8.97. The van der Waals surface area contributed by atoms with Gasteiger partial charge < -0.3 is 15.5 Å². The standard InChI is InChI=1S/C14H12INO3/c1-8-2-3-9(15)6-12(8)16-14(19)11-5-4-10(17)7-13(11)18/h2-7,17-18H,1H3,(H,16,19).